The molecule has 1 saturated carbocycles. The molecule has 8 heteroatoms. The lowest BCUT2D eigenvalue weighted by Gasteiger charge is -2.07. The maximum Gasteiger partial charge on any atom is 0.503 e. The Balaban J connectivity index is 0.000000596. The summed E-state index contributed by atoms with van der Waals surface area (Å²) in [5.74, 6) is 0.538. The highest BCUT2D eigenvalue weighted by molar-refractivity contribution is 5.95. The van der Waals surface area contributed by atoms with Crippen molar-refractivity contribution in [3.63, 3.8) is 0 Å². The second-order valence-corrected chi connectivity index (χ2v) is 6.07. The molecule has 0 aromatic heterocycles. The Morgan fingerprint density at radius 3 is 2.37 bits per heavy atom. The summed E-state index contributed by atoms with van der Waals surface area (Å²) < 4.78 is 0. The van der Waals surface area contributed by atoms with Gasteiger partial charge in [-0.1, -0.05) is 30.3 Å². The van der Waals surface area contributed by atoms with E-state index in [9.17, 15) is 4.79 Å². The number of rotatable bonds is 5. The minimum absolute atomic E-state index is 0.0283. The number of carbonyl (C=O) groups is 2. The van der Waals surface area contributed by atoms with Gasteiger partial charge in [-0.25, -0.2) is 9.79 Å². The van der Waals surface area contributed by atoms with Crippen LogP contribution in [0.4, 0.5) is 10.5 Å². The van der Waals surface area contributed by atoms with Crippen molar-refractivity contribution in [2.45, 2.75) is 25.3 Å². The van der Waals surface area contributed by atoms with Crippen molar-refractivity contribution >= 4 is 23.7 Å². The first kappa shape index (κ1) is 19.8. The smallest absolute Gasteiger partial charge is 0.450 e. The summed E-state index contributed by atoms with van der Waals surface area (Å²) in [4.78, 5) is 24.8. The first-order valence-corrected chi connectivity index (χ1v) is 8.34. The average molecular weight is 370 g/mol. The van der Waals surface area contributed by atoms with E-state index in [-0.39, 0.29) is 11.9 Å². The fourth-order valence-electron chi connectivity index (χ4n) is 2.52. The van der Waals surface area contributed by atoms with Crippen molar-refractivity contribution in [3.8, 4) is 0 Å². The van der Waals surface area contributed by atoms with Crippen LogP contribution in [0.5, 0.6) is 0 Å². The minimum atomic E-state index is -1.83. The first-order valence-electron chi connectivity index (χ1n) is 8.34. The molecule has 1 aliphatic carbocycles. The molecule has 2 aromatic rings. The molecule has 0 atom stereocenters. The van der Waals surface area contributed by atoms with Gasteiger partial charge in [0, 0.05) is 12.1 Å². The van der Waals surface area contributed by atoms with Crippen molar-refractivity contribution in [2.75, 3.05) is 0 Å². The third-order valence-corrected chi connectivity index (χ3v) is 3.82. The molecule has 142 valence electrons. The van der Waals surface area contributed by atoms with Gasteiger partial charge in [-0.05, 0) is 48.1 Å². The van der Waals surface area contributed by atoms with Gasteiger partial charge in [0.05, 0.1) is 5.69 Å². The fourth-order valence-corrected chi connectivity index (χ4v) is 2.52. The SMILES string of the molecule is NC(N)=Nc1cccc(C(=O)NCc2cccc(C3CC3)c2)c1.O=C(O)O. The molecule has 0 aliphatic heterocycles. The number of carbonyl (C=O) groups excluding carboxylic acids is 1. The number of amides is 1. The normalized spacial score (nSPS) is 12.3. The number of hydrogen-bond acceptors (Lipinski definition) is 3. The molecule has 1 fully saturated rings. The molecular formula is C19H22N4O4. The van der Waals surface area contributed by atoms with Crippen LogP contribution in [-0.4, -0.2) is 28.2 Å². The maximum atomic E-state index is 12.3. The van der Waals surface area contributed by atoms with Crippen LogP contribution in [-0.2, 0) is 6.54 Å². The van der Waals surface area contributed by atoms with Crippen molar-refractivity contribution in [3.05, 3.63) is 65.2 Å². The number of hydrogen-bond donors (Lipinski definition) is 5. The lowest BCUT2D eigenvalue weighted by Crippen LogP contribution is -2.23. The second-order valence-electron chi connectivity index (χ2n) is 6.07. The number of nitrogens with zero attached hydrogens (tertiary/aromatic N) is 1. The number of nitrogens with one attached hydrogen (secondary N) is 1. The van der Waals surface area contributed by atoms with Crippen LogP contribution in [0.2, 0.25) is 0 Å². The topological polar surface area (TPSA) is 151 Å². The highest BCUT2D eigenvalue weighted by Gasteiger charge is 2.23. The van der Waals surface area contributed by atoms with Gasteiger partial charge in [0.2, 0.25) is 0 Å². The maximum absolute atomic E-state index is 12.3. The Morgan fingerprint density at radius 1 is 1.07 bits per heavy atom. The van der Waals surface area contributed by atoms with Gasteiger partial charge in [0.15, 0.2) is 5.96 Å². The van der Waals surface area contributed by atoms with E-state index in [4.69, 9.17) is 26.5 Å². The van der Waals surface area contributed by atoms with E-state index >= 15 is 0 Å². The standard InChI is InChI=1S/C18H20N4O.CH2O3/c19-18(20)22-16-6-2-5-15(10-16)17(23)21-11-12-3-1-4-14(9-12)13-7-8-13;2-1(3)4/h1-6,9-10,13H,7-8,11H2,(H,21,23)(H4,19,20,22);(H2,2,3,4). The molecular weight excluding hydrogens is 348 g/mol. The van der Waals surface area contributed by atoms with E-state index in [1.807, 2.05) is 6.07 Å². The predicted molar refractivity (Wildman–Crippen MR) is 102 cm³/mol. The van der Waals surface area contributed by atoms with Gasteiger partial charge < -0.3 is 27.0 Å². The molecule has 3 rings (SSSR count). The molecule has 0 radical (unpaired) electrons. The molecule has 0 heterocycles. The van der Waals surface area contributed by atoms with Crippen LogP contribution in [0.3, 0.4) is 0 Å². The molecule has 1 amide bonds. The zero-order valence-electron chi connectivity index (χ0n) is 14.6. The number of carboxylic acid groups (broad SMARTS) is 2. The van der Waals surface area contributed by atoms with Crippen molar-refractivity contribution < 1.29 is 19.8 Å². The lowest BCUT2D eigenvalue weighted by molar-refractivity contribution is 0.0950. The van der Waals surface area contributed by atoms with Gasteiger partial charge in [0.1, 0.15) is 0 Å². The zero-order valence-corrected chi connectivity index (χ0v) is 14.6. The summed E-state index contributed by atoms with van der Waals surface area (Å²) in [5.41, 5.74) is 14.3. The van der Waals surface area contributed by atoms with Gasteiger partial charge in [-0.3, -0.25) is 4.79 Å². The van der Waals surface area contributed by atoms with E-state index in [0.717, 1.165) is 5.56 Å². The second kappa shape index (κ2) is 9.23. The largest absolute Gasteiger partial charge is 0.503 e. The summed E-state index contributed by atoms with van der Waals surface area (Å²) in [5, 5.41) is 16.9. The van der Waals surface area contributed by atoms with Crippen LogP contribution in [0.15, 0.2) is 53.5 Å². The quantitative estimate of drug-likeness (QED) is 0.403. The Bertz CT molecular complexity index is 839. The van der Waals surface area contributed by atoms with Crippen molar-refractivity contribution in [1.82, 2.24) is 5.32 Å². The monoisotopic (exact) mass is 370 g/mol. The van der Waals surface area contributed by atoms with Gasteiger partial charge in [-0.15, -0.1) is 0 Å². The Hall–Kier alpha value is -3.55. The third kappa shape index (κ3) is 7.07. The number of benzene rings is 2. The number of guanidine groups is 1. The van der Waals surface area contributed by atoms with Crippen LogP contribution in [0, 0.1) is 0 Å². The molecule has 1 aliphatic rings. The Morgan fingerprint density at radius 2 is 1.74 bits per heavy atom. The molecule has 0 spiro atoms. The van der Waals surface area contributed by atoms with E-state index in [1.54, 1.807) is 24.3 Å². The molecule has 0 bridgehead atoms. The van der Waals surface area contributed by atoms with E-state index in [1.165, 1.54) is 18.4 Å². The van der Waals surface area contributed by atoms with Gasteiger partial charge >= 0.3 is 6.16 Å². The van der Waals surface area contributed by atoms with Gasteiger partial charge in [0.25, 0.3) is 5.91 Å². The minimum Gasteiger partial charge on any atom is -0.450 e. The van der Waals surface area contributed by atoms with Crippen molar-refractivity contribution in [1.29, 1.82) is 0 Å². The molecule has 27 heavy (non-hydrogen) atoms. The Labute approximate surface area is 156 Å². The van der Waals surface area contributed by atoms with Crippen LogP contribution in [0.1, 0.15) is 40.2 Å². The molecule has 2 aromatic carbocycles. The number of nitrogens with two attached hydrogens (primary N) is 2. The molecule has 8 nitrogen and oxygen atoms in total. The summed E-state index contributed by atoms with van der Waals surface area (Å²) in [6.45, 7) is 0.506. The lowest BCUT2D eigenvalue weighted by atomic mass is 10.1. The van der Waals surface area contributed by atoms with Crippen molar-refractivity contribution in [2.24, 2.45) is 16.5 Å². The summed E-state index contributed by atoms with van der Waals surface area (Å²) in [6, 6.07) is 15.3. The highest BCUT2D eigenvalue weighted by Crippen LogP contribution is 2.40. The van der Waals surface area contributed by atoms with Crippen LogP contribution in [0.25, 0.3) is 0 Å². The van der Waals surface area contributed by atoms with Gasteiger partial charge in [-0.2, -0.15) is 0 Å². The molecule has 0 saturated heterocycles. The first-order chi connectivity index (χ1) is 12.8. The highest BCUT2D eigenvalue weighted by atomic mass is 16.6. The zero-order chi connectivity index (χ0) is 19.8. The summed E-state index contributed by atoms with van der Waals surface area (Å²) in [6.07, 6.45) is 0.709. The Kier molecular flexibility index (Phi) is 6.76. The molecule has 7 N–H and O–H groups in total. The van der Waals surface area contributed by atoms with E-state index in [2.05, 4.69) is 28.5 Å². The van der Waals surface area contributed by atoms with Crippen LogP contribution >= 0.6 is 0 Å². The fraction of sp³-hybridized carbons (Fsp3) is 0.211. The van der Waals surface area contributed by atoms with E-state index in [0.29, 0.717) is 23.7 Å². The predicted octanol–water partition coefficient (Wildman–Crippen LogP) is 2.62. The number of aliphatic imine (C=N–C) groups is 1. The van der Waals surface area contributed by atoms with E-state index < -0.39 is 6.16 Å². The third-order valence-electron chi connectivity index (χ3n) is 3.82. The summed E-state index contributed by atoms with van der Waals surface area (Å²) >= 11 is 0. The molecule has 0 unspecified atom stereocenters. The summed E-state index contributed by atoms with van der Waals surface area (Å²) in [7, 11) is 0. The van der Waals surface area contributed by atoms with Crippen LogP contribution < -0.4 is 16.8 Å². The average Bonchev–Trinajstić information content (AvgIpc) is 3.44.